The van der Waals surface area contributed by atoms with Crippen LogP contribution in [-0.2, 0) is 32.7 Å². The van der Waals surface area contributed by atoms with Crippen LogP contribution in [0.2, 0.25) is 0 Å². The van der Waals surface area contributed by atoms with Gasteiger partial charge >= 0.3 is 0 Å². The molecule has 0 unspecified atom stereocenters. The molecule has 0 saturated heterocycles. The molecule has 1 saturated carbocycles. The van der Waals surface area contributed by atoms with Crippen molar-refractivity contribution in [1.29, 1.82) is 0 Å². The van der Waals surface area contributed by atoms with Gasteiger partial charge in [0.05, 0.1) is 0 Å². The van der Waals surface area contributed by atoms with E-state index in [4.69, 9.17) is 15.7 Å². The maximum absolute atomic E-state index is 6.38. The first-order chi connectivity index (χ1) is 17.0. The summed E-state index contributed by atoms with van der Waals surface area (Å²) in [6, 6.07) is 19.7. The van der Waals surface area contributed by atoms with E-state index >= 15 is 0 Å². The van der Waals surface area contributed by atoms with E-state index < -0.39 is 0 Å². The van der Waals surface area contributed by atoms with E-state index in [-0.39, 0.29) is 32.7 Å². The van der Waals surface area contributed by atoms with Crippen LogP contribution in [0, 0.1) is 18.9 Å². The van der Waals surface area contributed by atoms with Crippen LogP contribution in [0.3, 0.4) is 0 Å². The minimum absolute atomic E-state index is 0. The number of aryl methyl sites for hydroxylation is 1. The van der Waals surface area contributed by atoms with Crippen molar-refractivity contribution in [2.75, 3.05) is 26.4 Å². The molecule has 5 aromatic rings. The van der Waals surface area contributed by atoms with Gasteiger partial charge in [0.25, 0.3) is 0 Å². The molecule has 3 heterocycles. The second-order valence-electron chi connectivity index (χ2n) is 9.81. The maximum atomic E-state index is 6.38. The molecule has 1 fully saturated rings. The Hall–Kier alpha value is -2.74. The van der Waals surface area contributed by atoms with Crippen LogP contribution >= 0.6 is 0 Å². The number of anilines is 1. The van der Waals surface area contributed by atoms with E-state index in [0.29, 0.717) is 17.7 Å². The van der Waals surface area contributed by atoms with Crippen LogP contribution in [0.15, 0.2) is 54.9 Å². The van der Waals surface area contributed by atoms with Crippen LogP contribution in [0.5, 0.6) is 0 Å². The van der Waals surface area contributed by atoms with Crippen molar-refractivity contribution in [1.82, 2.24) is 29.5 Å². The van der Waals surface area contributed by atoms with Crippen LogP contribution in [0.4, 0.5) is 5.82 Å². The van der Waals surface area contributed by atoms with Gasteiger partial charge in [0, 0.05) is 45.2 Å². The molecule has 7 nitrogen and oxygen atoms in total. The zero-order valence-electron chi connectivity index (χ0n) is 20.8. The number of rotatable bonds is 5. The van der Waals surface area contributed by atoms with Gasteiger partial charge in [0.2, 0.25) is 0 Å². The minimum Gasteiger partial charge on any atom is -0.382 e. The third-order valence-corrected chi connectivity index (χ3v) is 7.06. The van der Waals surface area contributed by atoms with Crippen molar-refractivity contribution in [2.24, 2.45) is 5.92 Å². The Balaban J connectivity index is 0.00000267. The Morgan fingerprint density at radius 1 is 1.08 bits per heavy atom. The SMILES string of the molecule is Cc1c(-c2nc(C3CC(CN(C)C)C3)n3ncnc(N)c23)ccc2[c-]cc(-c3ccccc3)nc12.[Y]. The molecule has 179 valence electrons. The van der Waals surface area contributed by atoms with Gasteiger partial charge in [0.15, 0.2) is 5.82 Å². The molecule has 8 heteroatoms. The fraction of sp³-hybridized carbons (Fsp3) is 0.286. The Morgan fingerprint density at radius 3 is 2.61 bits per heavy atom. The predicted octanol–water partition coefficient (Wildman–Crippen LogP) is 4.75. The number of nitrogens with zero attached hydrogens (tertiary/aromatic N) is 6. The number of aromatic nitrogens is 5. The molecule has 2 aromatic carbocycles. The second-order valence-corrected chi connectivity index (χ2v) is 9.81. The average Bonchev–Trinajstić information content (AvgIpc) is 3.22. The minimum atomic E-state index is 0. The summed E-state index contributed by atoms with van der Waals surface area (Å²) in [6.45, 7) is 3.19. The Bertz CT molecular complexity index is 1540. The summed E-state index contributed by atoms with van der Waals surface area (Å²) in [4.78, 5) is 16.7. The summed E-state index contributed by atoms with van der Waals surface area (Å²) in [6.07, 6.45) is 3.73. The Morgan fingerprint density at radius 2 is 1.86 bits per heavy atom. The summed E-state index contributed by atoms with van der Waals surface area (Å²) in [5.41, 5.74) is 12.9. The van der Waals surface area contributed by atoms with E-state index in [1.807, 2.05) is 28.8 Å². The molecule has 36 heavy (non-hydrogen) atoms. The molecule has 0 atom stereocenters. The number of nitrogens with two attached hydrogens (primary N) is 1. The van der Waals surface area contributed by atoms with E-state index in [0.717, 1.165) is 69.7 Å². The summed E-state index contributed by atoms with van der Waals surface area (Å²) in [5, 5.41) is 5.53. The molecule has 3 aromatic heterocycles. The van der Waals surface area contributed by atoms with Crippen molar-refractivity contribution in [2.45, 2.75) is 25.7 Å². The smallest absolute Gasteiger partial charge is 0.153 e. The summed E-state index contributed by atoms with van der Waals surface area (Å²) in [5.74, 6) is 2.46. The molecule has 6 rings (SSSR count). The molecular weight excluding hydrogens is 523 g/mol. The van der Waals surface area contributed by atoms with Crippen LogP contribution < -0.4 is 5.73 Å². The molecule has 1 aliphatic carbocycles. The van der Waals surface area contributed by atoms with Gasteiger partial charge in [0.1, 0.15) is 23.4 Å². The van der Waals surface area contributed by atoms with Crippen molar-refractivity contribution < 1.29 is 32.7 Å². The molecule has 0 spiro atoms. The second kappa shape index (κ2) is 9.96. The first-order valence-corrected chi connectivity index (χ1v) is 12.0. The molecule has 0 amide bonds. The normalized spacial score (nSPS) is 17.3. The van der Waals surface area contributed by atoms with E-state index in [2.05, 4.69) is 66.3 Å². The number of nitrogen functional groups attached to an aromatic ring is 1. The van der Waals surface area contributed by atoms with Gasteiger partial charge in [-0.25, -0.2) is 14.5 Å². The largest absolute Gasteiger partial charge is 0.382 e. The number of fused-ring (bicyclic) bond motifs is 2. The maximum Gasteiger partial charge on any atom is 0.153 e. The van der Waals surface area contributed by atoms with Crippen molar-refractivity contribution >= 4 is 22.2 Å². The van der Waals surface area contributed by atoms with Crippen LogP contribution in [-0.4, -0.2) is 50.1 Å². The molecule has 1 aliphatic rings. The summed E-state index contributed by atoms with van der Waals surface area (Å²) >= 11 is 0. The van der Waals surface area contributed by atoms with Crippen molar-refractivity contribution in [3.63, 3.8) is 0 Å². The standard InChI is InChI=1S/C28H28N7.Y/c1-17-22(11-9-20-10-12-23(32-24(17)20)19-7-5-4-6-8-19)25-26-27(29)30-16-31-35(26)28(33-25)21-13-18(14-21)15-34(2)3;/h4-9,11-12,16,18,21H,13-15H2,1-3H3,(H2,29,30,31);/q-1;. The van der Waals surface area contributed by atoms with Crippen LogP contribution in [0.1, 0.15) is 30.1 Å². The first kappa shape index (κ1) is 24.9. The summed E-state index contributed by atoms with van der Waals surface area (Å²) < 4.78 is 1.90. The molecule has 2 N–H and O–H groups in total. The molecular formula is C28H28N7Y-. The predicted molar refractivity (Wildman–Crippen MR) is 139 cm³/mol. The van der Waals surface area contributed by atoms with Crippen molar-refractivity contribution in [3.8, 4) is 22.5 Å². The molecule has 1 radical (unpaired) electrons. The number of hydrogen-bond donors (Lipinski definition) is 1. The van der Waals surface area contributed by atoms with Gasteiger partial charge in [-0.15, -0.1) is 23.6 Å². The number of pyridine rings is 1. The van der Waals surface area contributed by atoms with Crippen LogP contribution in [0.25, 0.3) is 38.9 Å². The Kier molecular flexibility index (Phi) is 6.90. The Labute approximate surface area is 236 Å². The molecule has 0 aliphatic heterocycles. The first-order valence-electron chi connectivity index (χ1n) is 12.0. The fourth-order valence-electron chi connectivity index (χ4n) is 5.31. The average molecular weight is 551 g/mol. The number of benzene rings is 2. The third-order valence-electron chi connectivity index (χ3n) is 7.06. The topological polar surface area (TPSA) is 85.2 Å². The van der Waals surface area contributed by atoms with Gasteiger partial charge in [-0.3, -0.25) is 0 Å². The third kappa shape index (κ3) is 4.34. The zero-order chi connectivity index (χ0) is 24.1. The summed E-state index contributed by atoms with van der Waals surface area (Å²) in [7, 11) is 4.25. The van der Waals surface area contributed by atoms with Gasteiger partial charge in [-0.05, 0) is 62.1 Å². The monoisotopic (exact) mass is 551 g/mol. The molecule has 0 bridgehead atoms. The fourth-order valence-corrected chi connectivity index (χ4v) is 5.31. The van der Waals surface area contributed by atoms with Gasteiger partial charge in [-0.1, -0.05) is 42.0 Å². The number of hydrogen-bond acceptors (Lipinski definition) is 6. The van der Waals surface area contributed by atoms with Gasteiger partial charge < -0.3 is 15.6 Å². The van der Waals surface area contributed by atoms with E-state index in [1.54, 1.807) is 0 Å². The zero-order valence-corrected chi connectivity index (χ0v) is 23.6. The van der Waals surface area contributed by atoms with E-state index in [1.165, 1.54) is 6.33 Å². The van der Waals surface area contributed by atoms with Crippen molar-refractivity contribution in [3.05, 3.63) is 72.3 Å². The number of imidazole rings is 1. The van der Waals surface area contributed by atoms with Gasteiger partial charge in [-0.2, -0.15) is 5.10 Å². The quantitative estimate of drug-likeness (QED) is 0.318. The van der Waals surface area contributed by atoms with E-state index in [9.17, 15) is 0 Å².